The van der Waals surface area contributed by atoms with E-state index in [2.05, 4.69) is 47.6 Å². The minimum atomic E-state index is -0.975. The Hall–Kier alpha value is -0.910. The molecule has 0 radical (unpaired) electrons. The van der Waals surface area contributed by atoms with Crippen molar-refractivity contribution >= 4 is 5.97 Å². The van der Waals surface area contributed by atoms with Crippen molar-refractivity contribution in [2.75, 3.05) is 7.11 Å². The number of ether oxygens (including phenoxy) is 1. The topological polar surface area (TPSA) is 87.0 Å². The summed E-state index contributed by atoms with van der Waals surface area (Å²) in [6.07, 6.45) is 7.88. The van der Waals surface area contributed by atoms with Gasteiger partial charge in [-0.1, -0.05) is 53.2 Å². The van der Waals surface area contributed by atoms with E-state index in [9.17, 15) is 20.1 Å². The largest absolute Gasteiger partial charge is 0.469 e. The molecule has 0 aliphatic heterocycles. The van der Waals surface area contributed by atoms with E-state index >= 15 is 0 Å². The molecule has 0 spiro atoms. The van der Waals surface area contributed by atoms with E-state index in [0.29, 0.717) is 18.3 Å². The van der Waals surface area contributed by atoms with Gasteiger partial charge in [0.25, 0.3) is 0 Å². The maximum atomic E-state index is 13.4. The zero-order valence-corrected chi connectivity index (χ0v) is 23.9. The van der Waals surface area contributed by atoms with Gasteiger partial charge in [0, 0.05) is 5.92 Å². The van der Waals surface area contributed by atoms with Gasteiger partial charge in [0.1, 0.15) is 0 Å². The molecule has 0 saturated heterocycles. The molecule has 204 valence electrons. The smallest absolute Gasteiger partial charge is 0.312 e. The first-order valence-corrected chi connectivity index (χ1v) is 14.4. The van der Waals surface area contributed by atoms with Gasteiger partial charge < -0.3 is 20.1 Å². The fourth-order valence-electron chi connectivity index (χ4n) is 11.2. The Bertz CT molecular complexity index is 968. The number of hydrogen-bond donors (Lipinski definition) is 3. The average Bonchev–Trinajstić information content (AvgIpc) is 2.80. The predicted octanol–water partition coefficient (Wildman–Crippen LogP) is 5.26. The second-order valence-corrected chi connectivity index (χ2v) is 15.1. The number of rotatable bonds is 1. The number of methoxy groups -OCH3 is 1. The zero-order valence-electron chi connectivity index (χ0n) is 23.9. The summed E-state index contributed by atoms with van der Waals surface area (Å²) in [5, 5.41) is 34.0. The Kier molecular flexibility index (Phi) is 5.80. The molecule has 5 nitrogen and oxygen atoms in total. The number of aliphatic hydroxyl groups is 3. The SMILES string of the molecule is COC(=O)[C@]12CC[C@@H](C)[C@@](C)(O)[C@H]1C1=CC[C@@H]3[C@]4(C)C[C@@H](O)[C@@H](O)C(C)(C)[C@H]4CC[C@]3(C)[C@]1(C)CC2. The summed E-state index contributed by atoms with van der Waals surface area (Å²) in [6.45, 7) is 15.6. The monoisotopic (exact) mass is 502 g/mol. The predicted molar refractivity (Wildman–Crippen MR) is 140 cm³/mol. The maximum absolute atomic E-state index is 13.4. The number of esters is 1. The van der Waals surface area contributed by atoms with Crippen molar-refractivity contribution in [2.24, 2.45) is 50.7 Å². The van der Waals surface area contributed by atoms with E-state index in [1.165, 1.54) is 12.7 Å². The third-order valence-corrected chi connectivity index (χ3v) is 13.6. The summed E-state index contributed by atoms with van der Waals surface area (Å²) in [7, 11) is 1.49. The molecule has 0 amide bonds. The van der Waals surface area contributed by atoms with Crippen LogP contribution in [-0.2, 0) is 9.53 Å². The molecule has 4 saturated carbocycles. The lowest BCUT2D eigenvalue weighted by Gasteiger charge is -2.72. The highest BCUT2D eigenvalue weighted by Gasteiger charge is 2.72. The second kappa shape index (κ2) is 7.82. The lowest BCUT2D eigenvalue weighted by Crippen LogP contribution is -2.68. The highest BCUT2D eigenvalue weighted by molar-refractivity contribution is 5.79. The van der Waals surface area contributed by atoms with Crippen LogP contribution in [-0.4, -0.2) is 46.2 Å². The van der Waals surface area contributed by atoms with Crippen LogP contribution in [0.25, 0.3) is 0 Å². The lowest BCUT2D eigenvalue weighted by atomic mass is 9.33. The summed E-state index contributed by atoms with van der Waals surface area (Å²) in [5.74, 6) is 0.430. The molecule has 5 rings (SSSR count). The molecule has 4 fully saturated rings. The van der Waals surface area contributed by atoms with E-state index in [4.69, 9.17) is 4.74 Å². The van der Waals surface area contributed by atoms with Crippen LogP contribution in [0.2, 0.25) is 0 Å². The van der Waals surface area contributed by atoms with Gasteiger partial charge in [0.15, 0.2) is 0 Å². The first-order valence-electron chi connectivity index (χ1n) is 14.4. The van der Waals surface area contributed by atoms with Crippen LogP contribution in [0.5, 0.6) is 0 Å². The minimum Gasteiger partial charge on any atom is -0.469 e. The van der Waals surface area contributed by atoms with Gasteiger partial charge in [0.2, 0.25) is 0 Å². The Morgan fingerprint density at radius 1 is 0.972 bits per heavy atom. The van der Waals surface area contributed by atoms with Gasteiger partial charge in [-0.2, -0.15) is 0 Å². The van der Waals surface area contributed by atoms with E-state index < -0.39 is 23.2 Å². The average molecular weight is 503 g/mol. The molecule has 0 heterocycles. The molecule has 36 heavy (non-hydrogen) atoms. The van der Waals surface area contributed by atoms with Crippen LogP contribution in [0, 0.1) is 50.7 Å². The molecule has 0 aromatic rings. The standard InChI is InChI=1S/C31H50O5/c1-18-11-14-31(25(34)36-8)16-15-28(5)19(23(31)30(18,7)35)9-10-22-27(4)17-20(32)24(33)26(2,3)21(27)12-13-29(22,28)6/h9,18,20-24,32-33,35H,10-17H2,1-8H3/t18-,20-,21-,22-,23-,24-,27-,28-,29+,30-,31+/m1/s1. The second-order valence-electron chi connectivity index (χ2n) is 15.1. The molecular formula is C31H50O5. The van der Waals surface area contributed by atoms with Crippen LogP contribution >= 0.6 is 0 Å². The molecular weight excluding hydrogens is 452 g/mol. The molecule has 0 bridgehead atoms. The molecule has 5 aliphatic rings. The molecule has 5 heteroatoms. The first-order chi connectivity index (χ1) is 16.5. The Morgan fingerprint density at radius 3 is 2.28 bits per heavy atom. The van der Waals surface area contributed by atoms with E-state index in [1.807, 2.05) is 6.92 Å². The third kappa shape index (κ3) is 2.97. The summed E-state index contributed by atoms with van der Waals surface area (Å²) in [5.41, 5.74) is -0.928. The van der Waals surface area contributed by atoms with Gasteiger partial charge in [-0.25, -0.2) is 0 Å². The van der Waals surface area contributed by atoms with Crippen molar-refractivity contribution in [3.05, 3.63) is 11.6 Å². The van der Waals surface area contributed by atoms with Crippen molar-refractivity contribution in [3.8, 4) is 0 Å². The Labute approximate surface area is 218 Å². The molecule has 0 unspecified atom stereocenters. The minimum absolute atomic E-state index is 0.0144. The van der Waals surface area contributed by atoms with Crippen LogP contribution in [0.15, 0.2) is 11.6 Å². The van der Waals surface area contributed by atoms with Crippen LogP contribution in [0.1, 0.15) is 99.8 Å². The fraction of sp³-hybridized carbons (Fsp3) is 0.903. The van der Waals surface area contributed by atoms with E-state index in [1.54, 1.807) is 0 Å². The molecule has 0 aromatic heterocycles. The number of carbonyl (C=O) groups is 1. The summed E-state index contributed by atoms with van der Waals surface area (Å²) in [4.78, 5) is 13.4. The number of allylic oxidation sites excluding steroid dienone is 1. The van der Waals surface area contributed by atoms with E-state index in [-0.39, 0.29) is 39.5 Å². The normalized spacial score (nSPS) is 55.8. The van der Waals surface area contributed by atoms with Gasteiger partial charge in [-0.3, -0.25) is 4.79 Å². The quantitative estimate of drug-likeness (QED) is 0.336. The van der Waals surface area contributed by atoms with Crippen LogP contribution in [0.4, 0.5) is 0 Å². The third-order valence-electron chi connectivity index (χ3n) is 13.6. The van der Waals surface area contributed by atoms with Crippen LogP contribution < -0.4 is 0 Å². The summed E-state index contributed by atoms with van der Waals surface area (Å²) < 4.78 is 5.43. The maximum Gasteiger partial charge on any atom is 0.312 e. The van der Waals surface area contributed by atoms with Gasteiger partial charge >= 0.3 is 5.97 Å². The first kappa shape index (κ1) is 26.7. The van der Waals surface area contributed by atoms with Crippen LogP contribution in [0.3, 0.4) is 0 Å². The Balaban J connectivity index is 1.65. The van der Waals surface area contributed by atoms with Gasteiger partial charge in [0.05, 0.1) is 30.3 Å². The summed E-state index contributed by atoms with van der Waals surface area (Å²) >= 11 is 0. The molecule has 5 aliphatic carbocycles. The number of fused-ring (bicyclic) bond motifs is 7. The van der Waals surface area contributed by atoms with Gasteiger partial charge in [-0.05, 0) is 97.7 Å². The van der Waals surface area contributed by atoms with Crippen molar-refractivity contribution < 1.29 is 24.9 Å². The highest BCUT2D eigenvalue weighted by atomic mass is 16.5. The van der Waals surface area contributed by atoms with Crippen molar-refractivity contribution in [3.63, 3.8) is 0 Å². The highest BCUT2D eigenvalue weighted by Crippen LogP contribution is 2.76. The van der Waals surface area contributed by atoms with Crippen molar-refractivity contribution in [2.45, 2.75) is 118 Å². The Morgan fingerprint density at radius 2 is 1.64 bits per heavy atom. The van der Waals surface area contributed by atoms with Gasteiger partial charge in [-0.15, -0.1) is 0 Å². The summed E-state index contributed by atoms with van der Waals surface area (Å²) in [6, 6.07) is 0. The molecule has 0 aromatic carbocycles. The number of hydrogen-bond acceptors (Lipinski definition) is 5. The number of aliphatic hydroxyl groups excluding tert-OH is 2. The van der Waals surface area contributed by atoms with Crippen molar-refractivity contribution in [1.82, 2.24) is 0 Å². The molecule has 3 N–H and O–H groups in total. The van der Waals surface area contributed by atoms with E-state index in [0.717, 1.165) is 44.9 Å². The zero-order chi connectivity index (χ0) is 26.7. The molecule has 11 atom stereocenters. The van der Waals surface area contributed by atoms with Crippen molar-refractivity contribution in [1.29, 1.82) is 0 Å². The lowest BCUT2D eigenvalue weighted by molar-refractivity contribution is -0.237. The fourth-order valence-corrected chi connectivity index (χ4v) is 11.2. The number of carbonyl (C=O) groups excluding carboxylic acids is 1.